The molecule has 0 aromatic carbocycles. The van der Waals surface area contributed by atoms with E-state index in [-0.39, 0.29) is 23.4 Å². The van der Waals surface area contributed by atoms with E-state index in [2.05, 4.69) is 5.32 Å². The molecule has 1 aromatic heterocycles. The summed E-state index contributed by atoms with van der Waals surface area (Å²) in [5.41, 5.74) is 0. The van der Waals surface area contributed by atoms with Crippen LogP contribution in [0.4, 0.5) is 0 Å². The Morgan fingerprint density at radius 1 is 1.38 bits per heavy atom. The summed E-state index contributed by atoms with van der Waals surface area (Å²) >= 11 is 0.901. The molecule has 1 saturated heterocycles. The van der Waals surface area contributed by atoms with Gasteiger partial charge in [0, 0.05) is 19.1 Å². The van der Waals surface area contributed by atoms with Crippen molar-refractivity contribution in [2.45, 2.75) is 18.9 Å². The SMILES string of the molecule is CS(=O)(=O)N1CCC[C@@H](NC(=O)c2ccc(C(=O)O)s2)C1. The van der Waals surface area contributed by atoms with E-state index in [1.54, 1.807) is 0 Å². The molecule has 2 heterocycles. The Morgan fingerprint density at radius 3 is 2.62 bits per heavy atom. The van der Waals surface area contributed by atoms with Gasteiger partial charge in [0.15, 0.2) is 0 Å². The Kier molecular flexibility index (Phi) is 4.64. The van der Waals surface area contributed by atoms with Gasteiger partial charge < -0.3 is 10.4 Å². The topological polar surface area (TPSA) is 104 Å². The number of carboxylic acids is 1. The first kappa shape index (κ1) is 15.9. The van der Waals surface area contributed by atoms with Crippen LogP contribution in [-0.4, -0.2) is 55.1 Å². The standard InChI is InChI=1S/C12H16N2O5S2/c1-21(18,19)14-6-2-3-8(7-14)13-11(15)9-4-5-10(20-9)12(16)17/h4-5,8H,2-3,6-7H2,1H3,(H,13,15)(H,16,17)/t8-/m1/s1. The highest BCUT2D eigenvalue weighted by atomic mass is 32.2. The number of carbonyl (C=O) groups excluding carboxylic acids is 1. The van der Waals surface area contributed by atoms with Crippen molar-refractivity contribution in [3.8, 4) is 0 Å². The summed E-state index contributed by atoms with van der Waals surface area (Å²) < 4.78 is 24.4. The molecule has 2 N–H and O–H groups in total. The maximum absolute atomic E-state index is 12.0. The third-order valence-electron chi connectivity index (χ3n) is 3.23. The quantitative estimate of drug-likeness (QED) is 0.840. The molecule has 116 valence electrons. The fraction of sp³-hybridized carbons (Fsp3) is 0.500. The van der Waals surface area contributed by atoms with Gasteiger partial charge in [0.25, 0.3) is 5.91 Å². The van der Waals surface area contributed by atoms with E-state index in [9.17, 15) is 18.0 Å². The Bertz CT molecular complexity index is 652. The fourth-order valence-corrected chi connectivity index (χ4v) is 3.85. The van der Waals surface area contributed by atoms with Crippen LogP contribution in [0.3, 0.4) is 0 Å². The largest absolute Gasteiger partial charge is 0.477 e. The number of nitrogens with zero attached hydrogens (tertiary/aromatic N) is 1. The summed E-state index contributed by atoms with van der Waals surface area (Å²) in [4.78, 5) is 23.2. The van der Waals surface area contributed by atoms with Crippen molar-refractivity contribution in [2.75, 3.05) is 19.3 Å². The summed E-state index contributed by atoms with van der Waals surface area (Å²) in [5.74, 6) is -1.44. The number of rotatable bonds is 4. The molecule has 0 bridgehead atoms. The molecule has 1 aliphatic heterocycles. The average Bonchev–Trinajstić information content (AvgIpc) is 2.88. The van der Waals surface area contributed by atoms with Crippen LogP contribution in [0.15, 0.2) is 12.1 Å². The van der Waals surface area contributed by atoms with Crippen molar-refractivity contribution >= 4 is 33.2 Å². The van der Waals surface area contributed by atoms with Gasteiger partial charge >= 0.3 is 5.97 Å². The van der Waals surface area contributed by atoms with Crippen LogP contribution < -0.4 is 5.32 Å². The minimum Gasteiger partial charge on any atom is -0.477 e. The zero-order valence-corrected chi connectivity index (χ0v) is 13.0. The minimum absolute atomic E-state index is 0.0987. The van der Waals surface area contributed by atoms with E-state index < -0.39 is 16.0 Å². The van der Waals surface area contributed by atoms with Crippen LogP contribution in [0.2, 0.25) is 0 Å². The predicted octanol–water partition coefficient (Wildman–Crippen LogP) is 0.600. The molecule has 1 aliphatic rings. The van der Waals surface area contributed by atoms with E-state index in [1.807, 2.05) is 0 Å². The number of carbonyl (C=O) groups is 2. The van der Waals surface area contributed by atoms with Crippen molar-refractivity contribution in [3.05, 3.63) is 21.9 Å². The average molecular weight is 332 g/mol. The van der Waals surface area contributed by atoms with Crippen molar-refractivity contribution < 1.29 is 23.1 Å². The first-order valence-corrected chi connectivity index (χ1v) is 9.03. The van der Waals surface area contributed by atoms with E-state index in [0.717, 1.165) is 17.6 Å². The number of sulfonamides is 1. The van der Waals surface area contributed by atoms with Gasteiger partial charge in [-0.3, -0.25) is 4.79 Å². The third kappa shape index (κ3) is 4.02. The molecular formula is C12H16N2O5S2. The molecule has 9 heteroatoms. The Hall–Kier alpha value is -1.45. The van der Waals surface area contributed by atoms with Crippen LogP contribution in [-0.2, 0) is 10.0 Å². The van der Waals surface area contributed by atoms with E-state index in [4.69, 9.17) is 5.11 Å². The van der Waals surface area contributed by atoms with Crippen LogP contribution >= 0.6 is 11.3 Å². The number of nitrogens with one attached hydrogen (secondary N) is 1. The Morgan fingerprint density at radius 2 is 2.05 bits per heavy atom. The lowest BCUT2D eigenvalue weighted by atomic mass is 10.1. The number of hydrogen-bond acceptors (Lipinski definition) is 5. The lowest BCUT2D eigenvalue weighted by Crippen LogP contribution is -2.49. The monoisotopic (exact) mass is 332 g/mol. The molecule has 0 aliphatic carbocycles. The number of piperidine rings is 1. The van der Waals surface area contributed by atoms with Gasteiger partial charge in [-0.25, -0.2) is 17.5 Å². The summed E-state index contributed by atoms with van der Waals surface area (Å²) in [6.07, 6.45) is 2.54. The number of amides is 1. The molecule has 21 heavy (non-hydrogen) atoms. The van der Waals surface area contributed by atoms with Crippen LogP contribution in [0.5, 0.6) is 0 Å². The zero-order valence-electron chi connectivity index (χ0n) is 11.4. The molecule has 1 fully saturated rings. The smallest absolute Gasteiger partial charge is 0.345 e. The molecule has 2 rings (SSSR count). The lowest BCUT2D eigenvalue weighted by Gasteiger charge is -2.31. The summed E-state index contributed by atoms with van der Waals surface area (Å²) in [5, 5.41) is 11.6. The predicted molar refractivity (Wildman–Crippen MR) is 78.2 cm³/mol. The summed E-state index contributed by atoms with van der Waals surface area (Å²) in [7, 11) is -3.26. The number of thiophene rings is 1. The molecule has 0 spiro atoms. The molecule has 7 nitrogen and oxygen atoms in total. The molecule has 0 unspecified atom stereocenters. The maximum atomic E-state index is 12.0. The summed E-state index contributed by atoms with van der Waals surface area (Å²) in [6, 6.07) is 2.59. The normalized spacial score (nSPS) is 20.1. The van der Waals surface area contributed by atoms with Crippen molar-refractivity contribution in [1.29, 1.82) is 0 Å². The maximum Gasteiger partial charge on any atom is 0.345 e. The van der Waals surface area contributed by atoms with Gasteiger partial charge in [0.05, 0.1) is 11.1 Å². The van der Waals surface area contributed by atoms with Gasteiger partial charge in [-0.05, 0) is 25.0 Å². The molecule has 0 radical (unpaired) electrons. The van der Waals surface area contributed by atoms with Gasteiger partial charge in [0.2, 0.25) is 10.0 Å². The fourth-order valence-electron chi connectivity index (χ4n) is 2.19. The third-order valence-corrected chi connectivity index (χ3v) is 5.57. The van der Waals surface area contributed by atoms with Crippen LogP contribution in [0.1, 0.15) is 32.2 Å². The second-order valence-corrected chi connectivity index (χ2v) is 7.97. The molecule has 1 atom stereocenters. The molecule has 0 saturated carbocycles. The highest BCUT2D eigenvalue weighted by Crippen LogP contribution is 2.18. The molecule has 1 aromatic rings. The highest BCUT2D eigenvalue weighted by Gasteiger charge is 2.27. The second kappa shape index (κ2) is 6.12. The van der Waals surface area contributed by atoms with Crippen molar-refractivity contribution in [3.63, 3.8) is 0 Å². The number of hydrogen-bond donors (Lipinski definition) is 2. The Labute approximate surface area is 126 Å². The number of carboxylic acid groups (broad SMARTS) is 1. The summed E-state index contributed by atoms with van der Waals surface area (Å²) in [6.45, 7) is 0.717. The van der Waals surface area contributed by atoms with Gasteiger partial charge in [0.1, 0.15) is 4.88 Å². The zero-order chi connectivity index (χ0) is 15.6. The first-order valence-electron chi connectivity index (χ1n) is 6.36. The number of aromatic carboxylic acids is 1. The minimum atomic E-state index is -3.26. The van der Waals surface area contributed by atoms with Crippen LogP contribution in [0.25, 0.3) is 0 Å². The second-order valence-electron chi connectivity index (χ2n) is 4.90. The van der Waals surface area contributed by atoms with Gasteiger partial charge in [-0.2, -0.15) is 0 Å². The van der Waals surface area contributed by atoms with Gasteiger partial charge in [-0.1, -0.05) is 0 Å². The lowest BCUT2D eigenvalue weighted by molar-refractivity contribution is 0.0702. The van der Waals surface area contributed by atoms with E-state index >= 15 is 0 Å². The van der Waals surface area contributed by atoms with Crippen molar-refractivity contribution in [1.82, 2.24) is 9.62 Å². The molecular weight excluding hydrogens is 316 g/mol. The molecule has 1 amide bonds. The highest BCUT2D eigenvalue weighted by molar-refractivity contribution is 7.88. The van der Waals surface area contributed by atoms with E-state index in [1.165, 1.54) is 16.4 Å². The van der Waals surface area contributed by atoms with Crippen LogP contribution in [0, 0.1) is 0 Å². The Balaban J connectivity index is 2.00. The van der Waals surface area contributed by atoms with Gasteiger partial charge in [-0.15, -0.1) is 11.3 Å². The first-order chi connectivity index (χ1) is 9.77. The van der Waals surface area contributed by atoms with Crippen molar-refractivity contribution in [2.24, 2.45) is 0 Å². The van der Waals surface area contributed by atoms with E-state index in [0.29, 0.717) is 24.3 Å².